The Labute approximate surface area is 118 Å². The average Bonchev–Trinajstić information content (AvgIpc) is 2.86. The third kappa shape index (κ3) is 1.74. The maximum absolute atomic E-state index is 11.3. The smallest absolute Gasteiger partial charge is 0.119 e. The van der Waals surface area contributed by atoms with E-state index in [1.54, 1.807) is 7.11 Å². The standard InChI is InChI=1S/C16H19NO3/c1-19-13-4-3-12-5-7-16(18,14(12)9-13)15(10-17)6-2-8-20-11-15/h3-4,9,18H,2,5-8,11H2,1H3. The van der Waals surface area contributed by atoms with Crippen molar-refractivity contribution in [1.82, 2.24) is 0 Å². The molecule has 1 aromatic carbocycles. The molecule has 0 radical (unpaired) electrons. The second-order valence-electron chi connectivity index (χ2n) is 5.73. The van der Waals surface area contributed by atoms with Crippen LogP contribution in [0, 0.1) is 16.7 Å². The molecule has 2 aliphatic rings. The summed E-state index contributed by atoms with van der Waals surface area (Å²) in [6.07, 6.45) is 2.86. The van der Waals surface area contributed by atoms with Gasteiger partial charge in [-0.2, -0.15) is 5.26 Å². The van der Waals surface area contributed by atoms with Crippen LogP contribution < -0.4 is 4.74 Å². The molecular weight excluding hydrogens is 254 g/mol. The van der Waals surface area contributed by atoms with Crippen LogP contribution in [0.5, 0.6) is 5.75 Å². The molecule has 1 saturated heterocycles. The maximum atomic E-state index is 11.3. The van der Waals surface area contributed by atoms with Gasteiger partial charge >= 0.3 is 0 Å². The summed E-state index contributed by atoms with van der Waals surface area (Å²) < 4.78 is 10.8. The minimum absolute atomic E-state index is 0.302. The highest BCUT2D eigenvalue weighted by Gasteiger charge is 2.55. The summed E-state index contributed by atoms with van der Waals surface area (Å²) in [5.74, 6) is 0.717. The predicted octanol–water partition coefficient (Wildman–Crippen LogP) is 2.15. The molecule has 4 nitrogen and oxygen atoms in total. The highest BCUT2D eigenvalue weighted by Crippen LogP contribution is 2.52. The van der Waals surface area contributed by atoms with Crippen LogP contribution in [0.4, 0.5) is 0 Å². The van der Waals surface area contributed by atoms with E-state index in [9.17, 15) is 10.4 Å². The zero-order valence-electron chi connectivity index (χ0n) is 11.7. The normalized spacial score (nSPS) is 32.5. The van der Waals surface area contributed by atoms with E-state index in [1.807, 2.05) is 18.2 Å². The lowest BCUT2D eigenvalue weighted by atomic mass is 9.67. The third-order valence-electron chi connectivity index (χ3n) is 4.77. The SMILES string of the molecule is COc1ccc2c(c1)C(O)(C1(C#N)CCCOC1)CC2. The van der Waals surface area contributed by atoms with Crippen LogP contribution in [-0.4, -0.2) is 25.4 Å². The van der Waals surface area contributed by atoms with Gasteiger partial charge in [0.05, 0.1) is 19.8 Å². The van der Waals surface area contributed by atoms with Gasteiger partial charge in [-0.25, -0.2) is 0 Å². The van der Waals surface area contributed by atoms with Gasteiger partial charge in [-0.1, -0.05) is 6.07 Å². The largest absolute Gasteiger partial charge is 0.497 e. The van der Waals surface area contributed by atoms with E-state index in [1.165, 1.54) is 0 Å². The topological polar surface area (TPSA) is 62.5 Å². The van der Waals surface area contributed by atoms with Crippen LogP contribution in [0.3, 0.4) is 0 Å². The number of ether oxygens (including phenoxy) is 2. The van der Waals surface area contributed by atoms with Crippen molar-refractivity contribution in [3.8, 4) is 11.8 Å². The highest BCUT2D eigenvalue weighted by molar-refractivity contribution is 5.45. The van der Waals surface area contributed by atoms with E-state index in [0.717, 1.165) is 24.0 Å². The number of benzene rings is 1. The van der Waals surface area contributed by atoms with Crippen LogP contribution >= 0.6 is 0 Å². The van der Waals surface area contributed by atoms with Gasteiger partial charge in [-0.15, -0.1) is 0 Å². The number of rotatable bonds is 2. The number of hydrogen-bond donors (Lipinski definition) is 1. The molecule has 0 aromatic heterocycles. The first-order chi connectivity index (χ1) is 9.65. The molecule has 3 rings (SSSR count). The van der Waals surface area contributed by atoms with E-state index in [0.29, 0.717) is 31.8 Å². The minimum atomic E-state index is -1.13. The molecule has 0 spiro atoms. The number of methoxy groups -OCH3 is 1. The van der Waals surface area contributed by atoms with Gasteiger partial charge in [-0.05, 0) is 48.9 Å². The number of nitrogens with zero attached hydrogens (tertiary/aromatic N) is 1. The highest BCUT2D eigenvalue weighted by atomic mass is 16.5. The lowest BCUT2D eigenvalue weighted by molar-refractivity contribution is -0.123. The fourth-order valence-corrected chi connectivity index (χ4v) is 3.53. The fourth-order valence-electron chi connectivity index (χ4n) is 3.53. The molecule has 1 aliphatic heterocycles. The first kappa shape index (κ1) is 13.4. The predicted molar refractivity (Wildman–Crippen MR) is 73.3 cm³/mol. The summed E-state index contributed by atoms with van der Waals surface area (Å²) in [7, 11) is 1.61. The number of fused-ring (bicyclic) bond motifs is 1. The van der Waals surface area contributed by atoms with Gasteiger partial charge in [0.15, 0.2) is 0 Å². The lowest BCUT2D eigenvalue weighted by Crippen LogP contribution is -2.48. The fraction of sp³-hybridized carbons (Fsp3) is 0.562. The maximum Gasteiger partial charge on any atom is 0.119 e. The Kier molecular flexibility index (Phi) is 3.19. The molecule has 106 valence electrons. The Bertz CT molecular complexity index is 557. The van der Waals surface area contributed by atoms with Gasteiger partial charge in [0.1, 0.15) is 16.8 Å². The van der Waals surface area contributed by atoms with Crippen LogP contribution in [0.1, 0.15) is 30.4 Å². The second-order valence-corrected chi connectivity index (χ2v) is 5.73. The van der Waals surface area contributed by atoms with Crippen molar-refractivity contribution in [2.75, 3.05) is 20.3 Å². The van der Waals surface area contributed by atoms with E-state index in [2.05, 4.69) is 6.07 Å². The van der Waals surface area contributed by atoms with Gasteiger partial charge in [-0.3, -0.25) is 0 Å². The first-order valence-electron chi connectivity index (χ1n) is 7.04. The van der Waals surface area contributed by atoms with E-state index < -0.39 is 11.0 Å². The van der Waals surface area contributed by atoms with Crippen molar-refractivity contribution in [2.45, 2.75) is 31.3 Å². The molecule has 0 bridgehead atoms. The van der Waals surface area contributed by atoms with Crippen LogP contribution in [0.25, 0.3) is 0 Å². The Morgan fingerprint density at radius 1 is 1.40 bits per heavy atom. The molecular formula is C16H19NO3. The van der Waals surface area contributed by atoms with Crippen molar-refractivity contribution in [1.29, 1.82) is 5.26 Å². The molecule has 2 atom stereocenters. The molecule has 1 aliphatic carbocycles. The Morgan fingerprint density at radius 2 is 2.25 bits per heavy atom. The van der Waals surface area contributed by atoms with Crippen LogP contribution in [-0.2, 0) is 16.8 Å². The summed E-state index contributed by atoms with van der Waals surface area (Å²) >= 11 is 0. The molecule has 0 amide bonds. The minimum Gasteiger partial charge on any atom is -0.497 e. The van der Waals surface area contributed by atoms with Crippen molar-refractivity contribution >= 4 is 0 Å². The molecule has 20 heavy (non-hydrogen) atoms. The number of hydrogen-bond acceptors (Lipinski definition) is 4. The number of aryl methyl sites for hydroxylation is 1. The Balaban J connectivity index is 2.09. The summed E-state index contributed by atoms with van der Waals surface area (Å²) in [6.45, 7) is 0.973. The Morgan fingerprint density at radius 3 is 2.90 bits per heavy atom. The number of aliphatic hydroxyl groups is 1. The van der Waals surface area contributed by atoms with Crippen LogP contribution in [0.15, 0.2) is 18.2 Å². The summed E-state index contributed by atoms with van der Waals surface area (Å²) in [5.41, 5.74) is -0.0352. The zero-order chi connectivity index (χ0) is 14.2. The molecule has 1 fully saturated rings. The molecule has 4 heteroatoms. The van der Waals surface area contributed by atoms with Gasteiger partial charge < -0.3 is 14.6 Å². The van der Waals surface area contributed by atoms with Gasteiger partial charge in [0.2, 0.25) is 0 Å². The molecule has 1 heterocycles. The van der Waals surface area contributed by atoms with Crippen LogP contribution in [0.2, 0.25) is 0 Å². The van der Waals surface area contributed by atoms with E-state index in [-0.39, 0.29) is 0 Å². The quantitative estimate of drug-likeness (QED) is 0.896. The third-order valence-corrected chi connectivity index (χ3v) is 4.77. The second kappa shape index (κ2) is 4.76. The zero-order valence-corrected chi connectivity index (χ0v) is 11.7. The lowest BCUT2D eigenvalue weighted by Gasteiger charge is -2.43. The van der Waals surface area contributed by atoms with Crippen molar-refractivity contribution in [3.63, 3.8) is 0 Å². The molecule has 0 saturated carbocycles. The van der Waals surface area contributed by atoms with E-state index in [4.69, 9.17) is 9.47 Å². The molecule has 1 N–H and O–H groups in total. The van der Waals surface area contributed by atoms with Crippen molar-refractivity contribution in [2.24, 2.45) is 5.41 Å². The monoisotopic (exact) mass is 273 g/mol. The van der Waals surface area contributed by atoms with E-state index >= 15 is 0 Å². The Hall–Kier alpha value is -1.57. The number of nitriles is 1. The first-order valence-corrected chi connectivity index (χ1v) is 7.04. The molecule has 2 unspecified atom stereocenters. The summed E-state index contributed by atoms with van der Waals surface area (Å²) in [6, 6.07) is 8.12. The average molecular weight is 273 g/mol. The van der Waals surface area contributed by atoms with Gasteiger partial charge in [0.25, 0.3) is 0 Å². The van der Waals surface area contributed by atoms with Gasteiger partial charge in [0, 0.05) is 6.61 Å². The summed E-state index contributed by atoms with van der Waals surface area (Å²) in [4.78, 5) is 0. The molecule has 1 aromatic rings. The summed E-state index contributed by atoms with van der Waals surface area (Å²) in [5, 5.41) is 21.0. The van der Waals surface area contributed by atoms with Crippen molar-refractivity contribution < 1.29 is 14.6 Å². The van der Waals surface area contributed by atoms with Crippen molar-refractivity contribution in [3.05, 3.63) is 29.3 Å².